The molecule has 0 aliphatic heterocycles. The van der Waals surface area contributed by atoms with Crippen LogP contribution in [0.15, 0.2) is 72.4 Å². The van der Waals surface area contributed by atoms with Gasteiger partial charge in [0.25, 0.3) is 0 Å². The SMILES string of the molecule is C#CC(=O)C(C)(C)C.C=CC(=O)C(C)(C)C.CC(C)(C)C(=O)C(C#N)=CC1CC1.CC(C)(C)C(=O)C(C#N)=Cc1ccccc1.CN(C)C/C=C/C(=O)C(C)(C)C. The fraction of sp³-hybridized carbons (Fsp3) is 0.531. The summed E-state index contributed by atoms with van der Waals surface area (Å²) in [4.78, 5) is 58.3. The highest BCUT2D eigenvalue weighted by molar-refractivity contribution is 6.06. The predicted octanol–water partition coefficient (Wildman–Crippen LogP) is 10.4. The minimum atomic E-state index is -0.518. The van der Waals surface area contributed by atoms with Crippen LogP contribution in [-0.4, -0.2) is 54.5 Å². The molecule has 57 heavy (non-hydrogen) atoms. The van der Waals surface area contributed by atoms with Gasteiger partial charge in [-0.15, -0.1) is 6.42 Å². The van der Waals surface area contributed by atoms with E-state index in [1.165, 1.54) is 6.08 Å². The topological polar surface area (TPSA) is 136 Å². The molecule has 1 saturated carbocycles. The van der Waals surface area contributed by atoms with Crippen LogP contribution in [0.4, 0.5) is 0 Å². The molecule has 312 valence electrons. The van der Waals surface area contributed by atoms with Crippen molar-refractivity contribution in [1.29, 1.82) is 10.5 Å². The second-order valence-electron chi connectivity index (χ2n) is 19.1. The number of ketones is 5. The monoisotopic (exact) mass is 782 g/mol. The van der Waals surface area contributed by atoms with Crippen LogP contribution in [0.3, 0.4) is 0 Å². The van der Waals surface area contributed by atoms with Crippen molar-refractivity contribution >= 4 is 35.0 Å². The molecule has 0 N–H and O–H groups in total. The van der Waals surface area contributed by atoms with Crippen molar-refractivity contribution in [1.82, 2.24) is 4.90 Å². The molecular formula is C49H71N3O5. The maximum Gasteiger partial charge on any atom is 0.210 e. The highest BCUT2D eigenvalue weighted by Crippen LogP contribution is 2.32. The minimum Gasteiger partial charge on any atom is -0.306 e. The van der Waals surface area contributed by atoms with E-state index in [9.17, 15) is 24.0 Å². The summed E-state index contributed by atoms with van der Waals surface area (Å²) in [5, 5.41) is 17.8. The van der Waals surface area contributed by atoms with Crippen molar-refractivity contribution in [2.45, 2.75) is 117 Å². The van der Waals surface area contributed by atoms with Crippen LogP contribution in [-0.2, 0) is 24.0 Å². The summed E-state index contributed by atoms with van der Waals surface area (Å²) in [6.07, 6.45) is 15.5. The highest BCUT2D eigenvalue weighted by atomic mass is 16.1. The van der Waals surface area contributed by atoms with Crippen molar-refractivity contribution in [3.8, 4) is 24.5 Å². The maximum absolute atomic E-state index is 11.9. The number of carbonyl (C=O) groups is 5. The lowest BCUT2D eigenvalue weighted by molar-refractivity contribution is -0.122. The van der Waals surface area contributed by atoms with Gasteiger partial charge in [0, 0.05) is 33.6 Å². The van der Waals surface area contributed by atoms with E-state index in [1.54, 1.807) is 32.9 Å². The second kappa shape index (κ2) is 25.3. The molecule has 1 aromatic carbocycles. The molecule has 0 unspecified atom stereocenters. The van der Waals surface area contributed by atoms with Gasteiger partial charge in [-0.2, -0.15) is 10.5 Å². The van der Waals surface area contributed by atoms with Crippen LogP contribution in [0.25, 0.3) is 6.08 Å². The van der Waals surface area contributed by atoms with E-state index in [0.717, 1.165) is 24.9 Å². The molecule has 0 spiro atoms. The highest BCUT2D eigenvalue weighted by Gasteiger charge is 2.28. The summed E-state index contributed by atoms with van der Waals surface area (Å²) in [7, 11) is 3.96. The number of hydrogen-bond acceptors (Lipinski definition) is 8. The quantitative estimate of drug-likeness (QED) is 0.110. The molecule has 1 aliphatic rings. The Balaban J connectivity index is -0.000000657. The Hall–Kier alpha value is -4.97. The van der Waals surface area contributed by atoms with Crippen molar-refractivity contribution in [3.05, 3.63) is 77.9 Å². The number of carbonyl (C=O) groups excluding carboxylic acids is 5. The number of nitrogens with zero attached hydrogens (tertiary/aromatic N) is 3. The largest absolute Gasteiger partial charge is 0.306 e. The molecule has 0 aromatic heterocycles. The summed E-state index contributed by atoms with van der Waals surface area (Å²) in [5.41, 5.74) is -0.392. The molecule has 0 saturated heterocycles. The normalized spacial score (nSPS) is 13.2. The Morgan fingerprint density at radius 1 is 0.702 bits per heavy atom. The number of benzene rings is 1. The van der Waals surface area contributed by atoms with E-state index >= 15 is 0 Å². The lowest BCUT2D eigenvalue weighted by Crippen LogP contribution is -2.21. The number of terminal acetylenes is 1. The van der Waals surface area contributed by atoms with Crippen molar-refractivity contribution in [2.75, 3.05) is 20.6 Å². The van der Waals surface area contributed by atoms with E-state index in [0.29, 0.717) is 11.5 Å². The molecule has 8 heteroatoms. The van der Waals surface area contributed by atoms with Gasteiger partial charge in [0.1, 0.15) is 12.1 Å². The summed E-state index contributed by atoms with van der Waals surface area (Å²) in [6.45, 7) is 32.0. The van der Waals surface area contributed by atoms with Gasteiger partial charge in [0.15, 0.2) is 23.1 Å². The Morgan fingerprint density at radius 2 is 1.12 bits per heavy atom. The van der Waals surface area contributed by atoms with Crippen LogP contribution in [0, 0.1) is 68.0 Å². The van der Waals surface area contributed by atoms with E-state index in [-0.39, 0.29) is 50.7 Å². The standard InChI is InChI=1S/C14H15NO.C11H15NO.C10H19NO.C7H12O.C7H10O/c1-14(2,3)13(16)12(10-15)9-11-7-5-4-6-8-11;1-11(2,3)10(13)9(7-12)6-8-4-5-8;1-10(2,3)9(12)7-6-8-11(4)5;2*1-5-6(8)7(2,3)4/h4-9H,1-3H3;6,8H,4-5H2,1-3H3;6-7H,8H2,1-5H3;5H,1H2,2-4H3;1H,2-4H3/b;;7-6+;;. The predicted molar refractivity (Wildman–Crippen MR) is 235 cm³/mol. The molecule has 0 heterocycles. The molecule has 1 aromatic rings. The summed E-state index contributed by atoms with van der Waals surface area (Å²) >= 11 is 0. The van der Waals surface area contributed by atoms with Gasteiger partial charge >= 0.3 is 0 Å². The zero-order valence-electron chi connectivity index (χ0n) is 38.1. The Labute approximate surface area is 346 Å². The van der Waals surface area contributed by atoms with Crippen LogP contribution in [0.2, 0.25) is 0 Å². The fourth-order valence-corrected chi connectivity index (χ4v) is 3.48. The first-order chi connectivity index (χ1) is 25.7. The first-order valence-electron chi connectivity index (χ1n) is 19.1. The van der Waals surface area contributed by atoms with Gasteiger partial charge < -0.3 is 4.90 Å². The van der Waals surface area contributed by atoms with Gasteiger partial charge in [-0.3, -0.25) is 24.0 Å². The van der Waals surface area contributed by atoms with Crippen molar-refractivity contribution in [3.63, 3.8) is 0 Å². The third-order valence-electron chi connectivity index (χ3n) is 7.44. The van der Waals surface area contributed by atoms with E-state index in [1.807, 2.05) is 157 Å². The Bertz CT molecular complexity index is 1710. The van der Waals surface area contributed by atoms with Gasteiger partial charge in [0.05, 0.1) is 11.1 Å². The van der Waals surface area contributed by atoms with Crippen LogP contribution < -0.4 is 0 Å². The first-order valence-corrected chi connectivity index (χ1v) is 19.1. The van der Waals surface area contributed by atoms with Gasteiger partial charge in [0.2, 0.25) is 5.78 Å². The molecule has 8 nitrogen and oxygen atoms in total. The lowest BCUT2D eigenvalue weighted by Gasteiger charge is -2.15. The van der Waals surface area contributed by atoms with Crippen LogP contribution >= 0.6 is 0 Å². The number of rotatable bonds is 8. The molecule has 1 fully saturated rings. The Kier molecular flexibility index (Phi) is 25.0. The van der Waals surface area contributed by atoms with Crippen LogP contribution in [0.5, 0.6) is 0 Å². The average molecular weight is 782 g/mol. The van der Waals surface area contributed by atoms with Gasteiger partial charge in [-0.25, -0.2) is 0 Å². The van der Waals surface area contributed by atoms with Crippen molar-refractivity contribution in [2.24, 2.45) is 33.0 Å². The van der Waals surface area contributed by atoms with Crippen LogP contribution in [0.1, 0.15) is 122 Å². The maximum atomic E-state index is 11.9. The van der Waals surface area contributed by atoms with E-state index in [4.69, 9.17) is 16.9 Å². The first kappa shape index (κ1) is 56.4. The van der Waals surface area contributed by atoms with E-state index in [2.05, 4.69) is 12.5 Å². The van der Waals surface area contributed by atoms with Crippen molar-refractivity contribution < 1.29 is 24.0 Å². The molecule has 1 aliphatic carbocycles. The number of allylic oxidation sites excluding steroid dienone is 5. The molecule has 2 rings (SSSR count). The zero-order chi connectivity index (χ0) is 45.6. The average Bonchev–Trinajstić information content (AvgIpc) is 3.91. The van der Waals surface area contributed by atoms with E-state index < -0.39 is 10.8 Å². The summed E-state index contributed by atoms with van der Waals surface area (Å²) in [5.74, 6) is 2.53. The Morgan fingerprint density at radius 3 is 1.39 bits per heavy atom. The molecule has 0 bridgehead atoms. The molecule has 0 radical (unpaired) electrons. The smallest absolute Gasteiger partial charge is 0.210 e. The third kappa shape index (κ3) is 28.1. The fourth-order valence-electron chi connectivity index (χ4n) is 3.48. The molecule has 0 atom stereocenters. The number of nitriles is 2. The van der Waals surface area contributed by atoms with Gasteiger partial charge in [-0.1, -0.05) is 153 Å². The molecule has 0 amide bonds. The number of Topliss-reactive ketones (excluding diaryl/α,β-unsaturated/α-hetero) is 3. The zero-order valence-corrected chi connectivity index (χ0v) is 38.1. The second-order valence-corrected chi connectivity index (χ2v) is 19.1. The third-order valence-corrected chi connectivity index (χ3v) is 7.44. The van der Waals surface area contributed by atoms with Gasteiger partial charge in [-0.05, 0) is 62.6 Å². The minimum absolute atomic E-state index is 0.0399. The number of likely N-dealkylation sites (N-methyl/N-ethyl adjacent to an activating group) is 1. The number of hydrogen-bond donors (Lipinski definition) is 0. The summed E-state index contributed by atoms with van der Waals surface area (Å²) < 4.78 is 0. The lowest BCUT2D eigenvalue weighted by atomic mass is 9.86. The molecular weight excluding hydrogens is 711 g/mol. The summed E-state index contributed by atoms with van der Waals surface area (Å²) in [6, 6.07) is 13.3.